The molecule has 1 heterocycles. The molecule has 2 amide bonds. The van der Waals surface area contributed by atoms with Gasteiger partial charge in [0.25, 0.3) is 0 Å². The molecule has 1 aliphatic heterocycles. The normalized spacial score (nSPS) is 20.3. The van der Waals surface area contributed by atoms with Crippen LogP contribution in [0.25, 0.3) is 0 Å². The van der Waals surface area contributed by atoms with Crippen LogP contribution < -0.4 is 10.6 Å². The third-order valence-corrected chi connectivity index (χ3v) is 4.92. The summed E-state index contributed by atoms with van der Waals surface area (Å²) < 4.78 is 5.32. The average molecular weight is 389 g/mol. The van der Waals surface area contributed by atoms with Gasteiger partial charge in [-0.2, -0.15) is 11.8 Å². The summed E-state index contributed by atoms with van der Waals surface area (Å²) in [5, 5.41) is 6.07. The largest absolute Gasteiger partial charge is 0.464 e. The summed E-state index contributed by atoms with van der Waals surface area (Å²) in [5.41, 5.74) is 0.866. The van der Waals surface area contributed by atoms with E-state index in [9.17, 15) is 9.59 Å². The average Bonchev–Trinajstić information content (AvgIpc) is 2.50. The molecule has 1 aliphatic rings. The molecule has 0 aliphatic carbocycles. The van der Waals surface area contributed by atoms with E-state index in [1.54, 1.807) is 30.0 Å². The summed E-state index contributed by atoms with van der Waals surface area (Å²) in [6.07, 6.45) is 0. The van der Waals surface area contributed by atoms with Crippen LogP contribution in [0.5, 0.6) is 0 Å². The Morgan fingerprint density at radius 3 is 2.83 bits per heavy atom. The highest BCUT2D eigenvalue weighted by molar-refractivity contribution is 7.99. The van der Waals surface area contributed by atoms with Crippen LogP contribution in [0.2, 0.25) is 10.0 Å². The summed E-state index contributed by atoms with van der Waals surface area (Å²) in [4.78, 5) is 24.3. The maximum absolute atomic E-state index is 12.5. The fourth-order valence-corrected chi connectivity index (χ4v) is 3.43. The first-order chi connectivity index (χ1) is 11.4. The Kier molecular flexibility index (Phi) is 6.83. The standard InChI is InChI=1S/C16H18Cl2N2O3S/c1-3-24-7-6-23-15(21)13-9(2)19-16(22)20-14(13)11-5-4-10(17)8-12(11)18/h4-5,8,13-14H,2-3,6-7H2,1H3,(H2,19,20,22)/t13-,14-/m1/s1. The van der Waals surface area contributed by atoms with Gasteiger partial charge >= 0.3 is 12.0 Å². The molecule has 2 rings (SSSR count). The molecule has 1 saturated heterocycles. The van der Waals surface area contributed by atoms with Gasteiger partial charge in [-0.25, -0.2) is 4.79 Å². The lowest BCUT2D eigenvalue weighted by Gasteiger charge is -2.33. The lowest BCUT2D eigenvalue weighted by Crippen LogP contribution is -2.51. The second-order valence-electron chi connectivity index (χ2n) is 5.11. The van der Waals surface area contributed by atoms with Crippen LogP contribution in [0.4, 0.5) is 4.79 Å². The van der Waals surface area contributed by atoms with Crippen LogP contribution in [-0.2, 0) is 9.53 Å². The van der Waals surface area contributed by atoms with E-state index < -0.39 is 24.0 Å². The molecule has 0 radical (unpaired) electrons. The van der Waals surface area contributed by atoms with Crippen LogP contribution in [-0.4, -0.2) is 30.1 Å². The van der Waals surface area contributed by atoms with Crippen LogP contribution in [0, 0.1) is 5.92 Å². The van der Waals surface area contributed by atoms with Crippen molar-refractivity contribution in [3.05, 3.63) is 46.1 Å². The summed E-state index contributed by atoms with van der Waals surface area (Å²) in [7, 11) is 0. The van der Waals surface area contributed by atoms with E-state index in [2.05, 4.69) is 17.2 Å². The van der Waals surface area contributed by atoms with Crippen LogP contribution in [0.3, 0.4) is 0 Å². The van der Waals surface area contributed by atoms with E-state index in [1.165, 1.54) is 0 Å². The number of halogens is 2. The number of carbonyl (C=O) groups excluding carboxylic acids is 2. The second kappa shape index (κ2) is 8.65. The van der Waals surface area contributed by atoms with Gasteiger partial charge in [-0.3, -0.25) is 4.79 Å². The third kappa shape index (κ3) is 4.59. The summed E-state index contributed by atoms with van der Waals surface area (Å²) in [5.74, 6) is 0.440. The Balaban J connectivity index is 2.22. The quantitative estimate of drug-likeness (QED) is 0.574. The number of rotatable bonds is 6. The lowest BCUT2D eigenvalue weighted by molar-refractivity contribution is -0.147. The number of esters is 1. The monoisotopic (exact) mass is 388 g/mol. The van der Waals surface area contributed by atoms with Gasteiger partial charge in [0.15, 0.2) is 0 Å². The van der Waals surface area contributed by atoms with Gasteiger partial charge in [0.1, 0.15) is 12.5 Å². The smallest absolute Gasteiger partial charge is 0.319 e. The molecule has 0 saturated carbocycles. The van der Waals surface area contributed by atoms with Crippen LogP contribution in [0.1, 0.15) is 18.5 Å². The SMILES string of the molecule is C=C1NC(=O)N[C@H](c2ccc(Cl)cc2Cl)[C@@H]1C(=O)OCCSCC. The highest BCUT2D eigenvalue weighted by atomic mass is 35.5. The van der Waals surface area contributed by atoms with Gasteiger partial charge in [-0.15, -0.1) is 0 Å². The van der Waals surface area contributed by atoms with Gasteiger partial charge in [0.05, 0.1) is 6.04 Å². The van der Waals surface area contributed by atoms with E-state index in [0.29, 0.717) is 28.0 Å². The molecule has 24 heavy (non-hydrogen) atoms. The van der Waals surface area contributed by atoms with Crippen molar-refractivity contribution >= 4 is 47.0 Å². The number of hydrogen-bond acceptors (Lipinski definition) is 4. The number of urea groups is 1. The number of thioether (sulfide) groups is 1. The molecule has 0 aromatic heterocycles. The molecule has 1 aromatic carbocycles. The van der Waals surface area contributed by atoms with Crippen LogP contribution >= 0.6 is 35.0 Å². The molecule has 0 bridgehead atoms. The fraction of sp³-hybridized carbons (Fsp3) is 0.375. The molecule has 1 aromatic rings. The van der Waals surface area contributed by atoms with Crippen molar-refractivity contribution in [2.24, 2.45) is 5.92 Å². The zero-order valence-corrected chi connectivity index (χ0v) is 15.4. The fourth-order valence-electron chi connectivity index (χ4n) is 2.41. The summed E-state index contributed by atoms with van der Waals surface area (Å²) in [6.45, 7) is 6.12. The van der Waals surface area contributed by atoms with Crippen molar-refractivity contribution in [2.45, 2.75) is 13.0 Å². The predicted molar refractivity (Wildman–Crippen MR) is 97.5 cm³/mol. The van der Waals surface area contributed by atoms with Crippen molar-refractivity contribution in [2.75, 3.05) is 18.1 Å². The maximum atomic E-state index is 12.5. The predicted octanol–water partition coefficient (Wildman–Crippen LogP) is 3.77. The van der Waals surface area contributed by atoms with Gasteiger partial charge in [-0.1, -0.05) is 42.8 Å². The number of amides is 2. The van der Waals surface area contributed by atoms with E-state index in [4.69, 9.17) is 27.9 Å². The third-order valence-electron chi connectivity index (χ3n) is 3.50. The van der Waals surface area contributed by atoms with Crippen molar-refractivity contribution < 1.29 is 14.3 Å². The Morgan fingerprint density at radius 2 is 2.17 bits per heavy atom. The minimum atomic E-state index is -0.770. The molecule has 8 heteroatoms. The molecular formula is C16H18Cl2N2O3S. The Morgan fingerprint density at radius 1 is 1.42 bits per heavy atom. The molecule has 1 fully saturated rings. The lowest BCUT2D eigenvalue weighted by atomic mass is 9.89. The van der Waals surface area contributed by atoms with Gasteiger partial charge in [-0.05, 0) is 23.4 Å². The van der Waals surface area contributed by atoms with Gasteiger partial charge in [0.2, 0.25) is 0 Å². The number of ether oxygens (including phenoxy) is 1. The Bertz CT molecular complexity index is 654. The van der Waals surface area contributed by atoms with E-state index in [-0.39, 0.29) is 5.70 Å². The molecule has 0 spiro atoms. The topological polar surface area (TPSA) is 67.4 Å². The van der Waals surface area contributed by atoms with Gasteiger partial charge in [0, 0.05) is 21.5 Å². The zero-order chi connectivity index (χ0) is 17.7. The zero-order valence-electron chi connectivity index (χ0n) is 13.1. The van der Waals surface area contributed by atoms with Crippen molar-refractivity contribution in [3.8, 4) is 0 Å². The number of benzene rings is 1. The second-order valence-corrected chi connectivity index (χ2v) is 7.35. The summed E-state index contributed by atoms with van der Waals surface area (Å²) in [6, 6.07) is 3.79. The van der Waals surface area contributed by atoms with Crippen molar-refractivity contribution in [3.63, 3.8) is 0 Å². The van der Waals surface area contributed by atoms with E-state index in [1.807, 2.05) is 6.92 Å². The molecular weight excluding hydrogens is 371 g/mol. The van der Waals surface area contributed by atoms with Crippen molar-refractivity contribution in [1.29, 1.82) is 0 Å². The maximum Gasteiger partial charge on any atom is 0.319 e. The summed E-state index contributed by atoms with van der Waals surface area (Å²) >= 11 is 13.8. The van der Waals surface area contributed by atoms with E-state index in [0.717, 1.165) is 5.75 Å². The van der Waals surface area contributed by atoms with Crippen molar-refractivity contribution in [1.82, 2.24) is 10.6 Å². The molecule has 0 unspecified atom stereocenters. The first kappa shape index (κ1) is 19.0. The number of nitrogens with one attached hydrogen (secondary N) is 2. The minimum absolute atomic E-state index is 0.280. The molecule has 5 nitrogen and oxygen atoms in total. The Hall–Kier alpha value is -1.37. The first-order valence-electron chi connectivity index (χ1n) is 7.39. The minimum Gasteiger partial charge on any atom is -0.464 e. The van der Waals surface area contributed by atoms with Crippen LogP contribution in [0.15, 0.2) is 30.5 Å². The number of carbonyl (C=O) groups is 2. The number of hydrogen-bond donors (Lipinski definition) is 2. The van der Waals surface area contributed by atoms with Gasteiger partial charge < -0.3 is 15.4 Å². The highest BCUT2D eigenvalue weighted by Gasteiger charge is 2.39. The molecule has 2 N–H and O–H groups in total. The molecule has 2 atom stereocenters. The first-order valence-corrected chi connectivity index (χ1v) is 9.30. The molecule has 130 valence electrons. The van der Waals surface area contributed by atoms with E-state index >= 15 is 0 Å². The Labute approximate surface area is 155 Å². The highest BCUT2D eigenvalue weighted by Crippen LogP contribution is 2.35.